The number of benzene rings is 2. The number of nitrogens with one attached hydrogen (secondary N) is 1. The summed E-state index contributed by atoms with van der Waals surface area (Å²) in [6, 6.07) is 11.8. The Morgan fingerprint density at radius 1 is 1.04 bits per heavy atom. The minimum absolute atomic E-state index is 0.212. The first-order chi connectivity index (χ1) is 12.5. The summed E-state index contributed by atoms with van der Waals surface area (Å²) in [7, 11) is 0. The molecule has 0 spiro atoms. The summed E-state index contributed by atoms with van der Waals surface area (Å²) in [5.74, 6) is -2.69. The van der Waals surface area contributed by atoms with E-state index >= 15 is 0 Å². The smallest absolute Gasteiger partial charge is 0.258 e. The first kappa shape index (κ1) is 18.0. The normalized spacial score (nSPS) is 11.8. The van der Waals surface area contributed by atoms with Crippen molar-refractivity contribution in [3.8, 4) is 5.75 Å². The summed E-state index contributed by atoms with van der Waals surface area (Å²) < 4.78 is 44.7. The van der Waals surface area contributed by atoms with Crippen LogP contribution in [0.4, 0.5) is 13.2 Å². The van der Waals surface area contributed by atoms with Crippen LogP contribution in [0.2, 0.25) is 0 Å². The van der Waals surface area contributed by atoms with Crippen LogP contribution in [-0.2, 0) is 4.79 Å². The molecule has 26 heavy (non-hydrogen) atoms. The molecule has 0 fully saturated rings. The van der Waals surface area contributed by atoms with E-state index in [1.54, 1.807) is 12.1 Å². The van der Waals surface area contributed by atoms with E-state index in [-0.39, 0.29) is 11.6 Å². The minimum atomic E-state index is -0.883. The number of ether oxygens (including phenoxy) is 1. The Balaban J connectivity index is 1.70. The van der Waals surface area contributed by atoms with Gasteiger partial charge in [0, 0.05) is 10.9 Å². The van der Waals surface area contributed by atoms with Crippen molar-refractivity contribution in [1.82, 2.24) is 5.32 Å². The third kappa shape index (κ3) is 4.43. The largest absolute Gasteiger partial charge is 0.481 e. The predicted molar refractivity (Wildman–Crippen MR) is 92.6 cm³/mol. The summed E-state index contributed by atoms with van der Waals surface area (Å²) >= 11 is 1.44. The molecule has 7 heteroatoms. The highest BCUT2D eigenvalue weighted by molar-refractivity contribution is 7.10. The zero-order valence-corrected chi connectivity index (χ0v) is 14.2. The second-order valence-corrected chi connectivity index (χ2v) is 6.41. The molecule has 1 N–H and O–H groups in total. The molecule has 1 aromatic heterocycles. The van der Waals surface area contributed by atoms with Crippen molar-refractivity contribution < 1.29 is 22.7 Å². The highest BCUT2D eigenvalue weighted by atomic mass is 32.1. The van der Waals surface area contributed by atoms with E-state index in [9.17, 15) is 18.0 Å². The third-order valence-electron chi connectivity index (χ3n) is 3.59. The monoisotopic (exact) mass is 377 g/mol. The van der Waals surface area contributed by atoms with Crippen molar-refractivity contribution in [3.05, 3.63) is 87.9 Å². The molecule has 134 valence electrons. The molecule has 3 nitrogen and oxygen atoms in total. The zero-order valence-electron chi connectivity index (χ0n) is 13.4. The van der Waals surface area contributed by atoms with Crippen LogP contribution in [0.1, 0.15) is 16.5 Å². The highest BCUT2D eigenvalue weighted by Crippen LogP contribution is 2.26. The Hall–Kier alpha value is -2.80. The van der Waals surface area contributed by atoms with Gasteiger partial charge < -0.3 is 10.1 Å². The molecule has 3 rings (SSSR count). The SMILES string of the molecule is O=C(COc1ccc(F)cc1F)NC(c1ccc(F)cc1)c1cccs1. The van der Waals surface area contributed by atoms with Gasteiger partial charge in [-0.3, -0.25) is 4.79 Å². The molecule has 0 aliphatic carbocycles. The molecular weight excluding hydrogens is 363 g/mol. The minimum Gasteiger partial charge on any atom is -0.481 e. The summed E-state index contributed by atoms with van der Waals surface area (Å²) in [5.41, 5.74) is 0.704. The van der Waals surface area contributed by atoms with Crippen molar-refractivity contribution in [2.75, 3.05) is 6.61 Å². The lowest BCUT2D eigenvalue weighted by Crippen LogP contribution is -2.33. The van der Waals surface area contributed by atoms with Gasteiger partial charge in [0.2, 0.25) is 0 Å². The van der Waals surface area contributed by atoms with Crippen LogP contribution < -0.4 is 10.1 Å². The van der Waals surface area contributed by atoms with Crippen LogP contribution in [0.15, 0.2) is 60.0 Å². The quantitative estimate of drug-likeness (QED) is 0.689. The predicted octanol–water partition coefficient (Wildman–Crippen LogP) is 4.45. The van der Waals surface area contributed by atoms with Crippen LogP contribution in [0.3, 0.4) is 0 Å². The summed E-state index contributed by atoms with van der Waals surface area (Å²) in [4.78, 5) is 13.1. The van der Waals surface area contributed by atoms with Crippen LogP contribution in [0.5, 0.6) is 5.75 Å². The molecule has 0 saturated heterocycles. The molecule has 1 atom stereocenters. The average molecular weight is 377 g/mol. The van der Waals surface area contributed by atoms with Gasteiger partial charge in [-0.15, -0.1) is 11.3 Å². The lowest BCUT2D eigenvalue weighted by molar-refractivity contribution is -0.123. The van der Waals surface area contributed by atoms with Crippen LogP contribution in [0, 0.1) is 17.5 Å². The fourth-order valence-corrected chi connectivity index (χ4v) is 3.17. The van der Waals surface area contributed by atoms with E-state index in [1.807, 2.05) is 17.5 Å². The lowest BCUT2D eigenvalue weighted by atomic mass is 10.1. The fourth-order valence-electron chi connectivity index (χ4n) is 2.37. The van der Waals surface area contributed by atoms with Gasteiger partial charge in [0.15, 0.2) is 18.2 Å². The highest BCUT2D eigenvalue weighted by Gasteiger charge is 2.18. The van der Waals surface area contributed by atoms with E-state index in [0.717, 1.165) is 17.0 Å². The van der Waals surface area contributed by atoms with Gasteiger partial charge in [-0.2, -0.15) is 0 Å². The molecule has 3 aromatic rings. The molecular formula is C19H14F3NO2S. The number of hydrogen-bond donors (Lipinski definition) is 1. The molecule has 2 aromatic carbocycles. The molecule has 0 radical (unpaired) electrons. The standard InChI is InChI=1S/C19H14F3NO2S/c20-13-5-3-12(4-6-13)19(17-2-1-9-26-17)23-18(24)11-25-16-8-7-14(21)10-15(16)22/h1-10,19H,11H2,(H,23,24). The van der Waals surface area contributed by atoms with E-state index in [1.165, 1.54) is 23.5 Å². The maximum atomic E-state index is 13.6. The number of halogens is 3. The van der Waals surface area contributed by atoms with E-state index in [2.05, 4.69) is 5.32 Å². The van der Waals surface area contributed by atoms with Gasteiger partial charge in [0.25, 0.3) is 5.91 Å². The second-order valence-electron chi connectivity index (χ2n) is 5.43. The Bertz CT molecular complexity index is 882. The van der Waals surface area contributed by atoms with Crippen molar-refractivity contribution in [1.29, 1.82) is 0 Å². The lowest BCUT2D eigenvalue weighted by Gasteiger charge is -2.18. The van der Waals surface area contributed by atoms with Gasteiger partial charge in [0.05, 0.1) is 6.04 Å². The number of hydrogen-bond acceptors (Lipinski definition) is 3. The number of carbonyl (C=O) groups excluding carboxylic acids is 1. The molecule has 0 aliphatic rings. The van der Waals surface area contributed by atoms with Crippen LogP contribution >= 0.6 is 11.3 Å². The van der Waals surface area contributed by atoms with E-state index < -0.39 is 30.2 Å². The summed E-state index contributed by atoms with van der Waals surface area (Å²) in [6.07, 6.45) is 0. The first-order valence-corrected chi connectivity index (χ1v) is 8.57. The van der Waals surface area contributed by atoms with Crippen LogP contribution in [0.25, 0.3) is 0 Å². The number of thiophene rings is 1. The maximum Gasteiger partial charge on any atom is 0.258 e. The number of amides is 1. The molecule has 1 amide bonds. The van der Waals surface area contributed by atoms with Gasteiger partial charge in [-0.25, -0.2) is 13.2 Å². The molecule has 1 heterocycles. The van der Waals surface area contributed by atoms with Crippen molar-refractivity contribution in [2.24, 2.45) is 0 Å². The Morgan fingerprint density at radius 2 is 1.77 bits per heavy atom. The number of rotatable bonds is 6. The summed E-state index contributed by atoms with van der Waals surface area (Å²) in [5, 5.41) is 4.65. The Kier molecular flexibility index (Phi) is 5.58. The zero-order chi connectivity index (χ0) is 18.5. The Morgan fingerprint density at radius 3 is 2.42 bits per heavy atom. The van der Waals surface area contributed by atoms with E-state index in [0.29, 0.717) is 11.6 Å². The average Bonchev–Trinajstić information content (AvgIpc) is 3.14. The van der Waals surface area contributed by atoms with Crippen molar-refractivity contribution in [2.45, 2.75) is 6.04 Å². The molecule has 0 saturated carbocycles. The topological polar surface area (TPSA) is 38.3 Å². The molecule has 1 unspecified atom stereocenters. The molecule has 0 aliphatic heterocycles. The maximum absolute atomic E-state index is 13.6. The van der Waals surface area contributed by atoms with Gasteiger partial charge >= 0.3 is 0 Å². The van der Waals surface area contributed by atoms with Gasteiger partial charge in [-0.05, 0) is 41.3 Å². The van der Waals surface area contributed by atoms with Crippen molar-refractivity contribution in [3.63, 3.8) is 0 Å². The van der Waals surface area contributed by atoms with E-state index in [4.69, 9.17) is 4.74 Å². The van der Waals surface area contributed by atoms with Gasteiger partial charge in [0.1, 0.15) is 11.6 Å². The Labute approximate surface area is 152 Å². The second kappa shape index (κ2) is 8.05. The fraction of sp³-hybridized carbons (Fsp3) is 0.105. The third-order valence-corrected chi connectivity index (χ3v) is 4.53. The van der Waals surface area contributed by atoms with Crippen LogP contribution in [-0.4, -0.2) is 12.5 Å². The summed E-state index contributed by atoms with van der Waals surface area (Å²) in [6.45, 7) is -0.439. The molecule has 0 bridgehead atoms. The van der Waals surface area contributed by atoms with Crippen molar-refractivity contribution >= 4 is 17.2 Å². The van der Waals surface area contributed by atoms with Gasteiger partial charge in [-0.1, -0.05) is 18.2 Å². The first-order valence-electron chi connectivity index (χ1n) is 7.69. The number of carbonyl (C=O) groups is 1.